The zero-order chi connectivity index (χ0) is 12.4. The predicted octanol–water partition coefficient (Wildman–Crippen LogP) is 3.92. The van der Waals surface area contributed by atoms with Gasteiger partial charge in [0.25, 0.3) is 0 Å². The fourth-order valence-corrected chi connectivity index (χ4v) is 2.69. The van der Waals surface area contributed by atoms with Crippen LogP contribution in [-0.2, 0) is 6.54 Å². The third-order valence-electron chi connectivity index (χ3n) is 3.98. The van der Waals surface area contributed by atoms with Crippen molar-refractivity contribution in [3.05, 3.63) is 47.3 Å². The number of rotatable bonds is 3. The highest BCUT2D eigenvalue weighted by molar-refractivity contribution is 5.18. The number of halogens is 1. The van der Waals surface area contributed by atoms with Crippen LogP contribution < -0.4 is 0 Å². The van der Waals surface area contributed by atoms with Crippen molar-refractivity contribution in [3.63, 3.8) is 0 Å². The van der Waals surface area contributed by atoms with Crippen LogP contribution in [0.3, 0.4) is 0 Å². The molecule has 0 unspecified atom stereocenters. The molecular weight excluding hydrogens is 225 g/mol. The summed E-state index contributed by atoms with van der Waals surface area (Å²) in [7, 11) is 0. The van der Waals surface area contributed by atoms with Gasteiger partial charge in [-0.1, -0.05) is 30.3 Å². The molecule has 0 spiro atoms. The largest absolute Gasteiger partial charge is 0.298 e. The summed E-state index contributed by atoms with van der Waals surface area (Å²) in [5.74, 6) is 0.523. The molecule has 96 valence electrons. The molecule has 1 nitrogen and oxygen atoms in total. The summed E-state index contributed by atoms with van der Waals surface area (Å²) in [5, 5.41) is 0. The fourth-order valence-electron chi connectivity index (χ4n) is 2.69. The number of hydrogen-bond acceptors (Lipinski definition) is 1. The molecule has 0 atom stereocenters. The highest BCUT2D eigenvalue weighted by Gasteiger charge is 2.30. The van der Waals surface area contributed by atoms with E-state index in [-0.39, 0.29) is 5.83 Å². The summed E-state index contributed by atoms with van der Waals surface area (Å²) >= 11 is 0. The number of allylic oxidation sites excluding steroid dienone is 1. The van der Waals surface area contributed by atoms with Gasteiger partial charge in [-0.3, -0.25) is 4.90 Å². The third kappa shape index (κ3) is 2.81. The van der Waals surface area contributed by atoms with Gasteiger partial charge < -0.3 is 0 Å². The minimum absolute atomic E-state index is 0.231. The quantitative estimate of drug-likeness (QED) is 0.780. The van der Waals surface area contributed by atoms with E-state index in [0.29, 0.717) is 5.92 Å². The van der Waals surface area contributed by atoms with Crippen LogP contribution in [0.5, 0.6) is 0 Å². The maximum absolute atomic E-state index is 13.9. The SMILES string of the molecule is FC(=C1CCN(Cc2ccccc2)CC1)C1CC1. The Balaban J connectivity index is 1.55. The van der Waals surface area contributed by atoms with E-state index in [9.17, 15) is 4.39 Å². The van der Waals surface area contributed by atoms with Gasteiger partial charge >= 0.3 is 0 Å². The van der Waals surface area contributed by atoms with Crippen molar-refractivity contribution in [1.82, 2.24) is 4.90 Å². The first-order valence-electron chi connectivity index (χ1n) is 6.96. The molecule has 1 saturated carbocycles. The van der Waals surface area contributed by atoms with Crippen LogP contribution in [0.4, 0.5) is 4.39 Å². The molecule has 1 aliphatic heterocycles. The first-order valence-corrected chi connectivity index (χ1v) is 6.96. The monoisotopic (exact) mass is 245 g/mol. The van der Waals surface area contributed by atoms with Gasteiger partial charge in [0.15, 0.2) is 0 Å². The second-order valence-corrected chi connectivity index (χ2v) is 5.49. The van der Waals surface area contributed by atoms with E-state index in [0.717, 1.165) is 50.9 Å². The number of benzene rings is 1. The molecule has 3 rings (SSSR count). The summed E-state index contributed by atoms with van der Waals surface area (Å²) in [6, 6.07) is 10.5. The van der Waals surface area contributed by atoms with E-state index in [1.165, 1.54) is 5.56 Å². The molecule has 0 N–H and O–H groups in total. The van der Waals surface area contributed by atoms with Crippen LogP contribution in [0.25, 0.3) is 0 Å². The van der Waals surface area contributed by atoms with Crippen molar-refractivity contribution in [2.45, 2.75) is 32.2 Å². The zero-order valence-corrected chi connectivity index (χ0v) is 10.7. The maximum Gasteiger partial charge on any atom is 0.102 e. The maximum atomic E-state index is 13.9. The molecule has 0 radical (unpaired) electrons. The Kier molecular flexibility index (Phi) is 3.46. The van der Waals surface area contributed by atoms with Crippen molar-refractivity contribution < 1.29 is 4.39 Å². The summed E-state index contributed by atoms with van der Waals surface area (Å²) < 4.78 is 13.9. The molecule has 1 saturated heterocycles. The van der Waals surface area contributed by atoms with E-state index in [2.05, 4.69) is 29.2 Å². The second-order valence-electron chi connectivity index (χ2n) is 5.49. The molecule has 0 aromatic heterocycles. The number of piperidine rings is 1. The minimum atomic E-state index is 0.231. The lowest BCUT2D eigenvalue weighted by molar-refractivity contribution is 0.244. The van der Waals surface area contributed by atoms with Crippen molar-refractivity contribution in [3.8, 4) is 0 Å². The minimum Gasteiger partial charge on any atom is -0.298 e. The van der Waals surface area contributed by atoms with Crippen molar-refractivity contribution in [2.75, 3.05) is 13.1 Å². The Morgan fingerprint density at radius 2 is 1.78 bits per heavy atom. The van der Waals surface area contributed by atoms with Gasteiger partial charge in [-0.25, -0.2) is 4.39 Å². The Labute approximate surface area is 108 Å². The molecule has 2 fully saturated rings. The predicted molar refractivity (Wildman–Crippen MR) is 71.8 cm³/mol. The molecular formula is C16H20FN. The fraction of sp³-hybridized carbons (Fsp3) is 0.500. The molecule has 2 heteroatoms. The molecule has 1 aliphatic carbocycles. The lowest BCUT2D eigenvalue weighted by Gasteiger charge is -2.28. The Hall–Kier alpha value is -1.15. The highest BCUT2D eigenvalue weighted by Crippen LogP contribution is 2.40. The Morgan fingerprint density at radius 3 is 2.39 bits per heavy atom. The molecule has 0 bridgehead atoms. The van der Waals surface area contributed by atoms with E-state index < -0.39 is 0 Å². The van der Waals surface area contributed by atoms with Crippen LogP contribution in [0.15, 0.2) is 41.7 Å². The van der Waals surface area contributed by atoms with Gasteiger partial charge in [0.05, 0.1) is 0 Å². The first-order chi connectivity index (χ1) is 8.83. The van der Waals surface area contributed by atoms with Crippen LogP contribution in [0, 0.1) is 5.92 Å². The van der Waals surface area contributed by atoms with Gasteiger partial charge in [0.1, 0.15) is 5.83 Å². The van der Waals surface area contributed by atoms with Crippen molar-refractivity contribution >= 4 is 0 Å². The van der Waals surface area contributed by atoms with Crippen LogP contribution in [0.2, 0.25) is 0 Å². The lowest BCUT2D eigenvalue weighted by Crippen LogP contribution is -2.30. The van der Waals surface area contributed by atoms with Crippen LogP contribution in [-0.4, -0.2) is 18.0 Å². The standard InChI is InChI=1S/C16H20FN/c17-16(14-6-7-14)15-8-10-18(11-9-15)12-13-4-2-1-3-5-13/h1-5,14H,6-12H2. The third-order valence-corrected chi connectivity index (χ3v) is 3.98. The smallest absolute Gasteiger partial charge is 0.102 e. The summed E-state index contributed by atoms with van der Waals surface area (Å²) in [5.41, 5.74) is 2.45. The average molecular weight is 245 g/mol. The summed E-state index contributed by atoms with van der Waals surface area (Å²) in [4.78, 5) is 2.43. The van der Waals surface area contributed by atoms with Crippen molar-refractivity contribution in [1.29, 1.82) is 0 Å². The van der Waals surface area contributed by atoms with Gasteiger partial charge in [-0.15, -0.1) is 0 Å². The second kappa shape index (κ2) is 5.23. The normalized spacial score (nSPS) is 21.1. The molecule has 1 aromatic carbocycles. The van der Waals surface area contributed by atoms with Gasteiger partial charge in [-0.2, -0.15) is 0 Å². The number of nitrogens with zero attached hydrogens (tertiary/aromatic N) is 1. The topological polar surface area (TPSA) is 3.24 Å². The van der Waals surface area contributed by atoms with Crippen molar-refractivity contribution in [2.24, 2.45) is 5.92 Å². The molecule has 1 aromatic rings. The van der Waals surface area contributed by atoms with E-state index in [1.54, 1.807) is 0 Å². The Bertz CT molecular complexity index is 424. The van der Waals surface area contributed by atoms with Gasteiger partial charge in [0.2, 0.25) is 0 Å². The highest BCUT2D eigenvalue weighted by atomic mass is 19.1. The number of hydrogen-bond donors (Lipinski definition) is 0. The summed E-state index contributed by atoms with van der Waals surface area (Å²) in [6.45, 7) is 3.01. The van der Waals surface area contributed by atoms with Gasteiger partial charge in [-0.05, 0) is 36.8 Å². The van der Waals surface area contributed by atoms with E-state index in [4.69, 9.17) is 0 Å². The lowest BCUT2D eigenvalue weighted by atomic mass is 10.0. The van der Waals surface area contributed by atoms with E-state index >= 15 is 0 Å². The first kappa shape index (κ1) is 11.9. The molecule has 0 amide bonds. The van der Waals surface area contributed by atoms with Gasteiger partial charge in [0, 0.05) is 25.6 Å². The van der Waals surface area contributed by atoms with E-state index in [1.807, 2.05) is 6.07 Å². The molecule has 18 heavy (non-hydrogen) atoms. The number of likely N-dealkylation sites (tertiary alicyclic amines) is 1. The van der Waals surface area contributed by atoms with Crippen LogP contribution in [0.1, 0.15) is 31.2 Å². The average Bonchev–Trinajstić information content (AvgIpc) is 3.24. The zero-order valence-electron chi connectivity index (χ0n) is 10.7. The molecule has 1 heterocycles. The van der Waals surface area contributed by atoms with Crippen LogP contribution >= 0.6 is 0 Å². The molecule has 2 aliphatic rings. The summed E-state index contributed by atoms with van der Waals surface area (Å²) in [6.07, 6.45) is 4.00. The Morgan fingerprint density at radius 1 is 1.11 bits per heavy atom.